The zero-order chi connectivity index (χ0) is 17.1. The van der Waals surface area contributed by atoms with Crippen molar-refractivity contribution in [2.75, 3.05) is 0 Å². The van der Waals surface area contributed by atoms with Gasteiger partial charge in [-0.1, -0.05) is 0 Å². The SMILES string of the molecule is O=C(NC(Cc1ccncc1)C1CC(O)C1)c1cc(=O)[nH]c(=O)[nH]1. The van der Waals surface area contributed by atoms with Gasteiger partial charge in [-0.25, -0.2) is 4.79 Å². The smallest absolute Gasteiger partial charge is 0.326 e. The summed E-state index contributed by atoms with van der Waals surface area (Å²) >= 11 is 0. The first-order chi connectivity index (χ1) is 11.5. The molecular formula is C16H18N4O4. The lowest BCUT2D eigenvalue weighted by Gasteiger charge is -2.38. The third kappa shape index (κ3) is 3.77. The van der Waals surface area contributed by atoms with Crippen molar-refractivity contribution >= 4 is 5.91 Å². The fourth-order valence-corrected chi connectivity index (χ4v) is 2.90. The molecule has 0 bridgehead atoms. The molecule has 3 rings (SSSR count). The van der Waals surface area contributed by atoms with E-state index in [0.29, 0.717) is 19.3 Å². The van der Waals surface area contributed by atoms with Gasteiger partial charge in [0, 0.05) is 24.5 Å². The molecule has 1 fully saturated rings. The normalized spacial score (nSPS) is 20.9. The molecule has 2 aromatic rings. The molecule has 1 atom stereocenters. The Bertz CT molecular complexity index is 795. The second-order valence-electron chi connectivity index (χ2n) is 6.03. The molecule has 2 heterocycles. The number of carbonyl (C=O) groups is 1. The second-order valence-corrected chi connectivity index (χ2v) is 6.03. The Balaban J connectivity index is 1.77. The minimum atomic E-state index is -0.725. The van der Waals surface area contributed by atoms with Crippen LogP contribution < -0.4 is 16.6 Å². The second kappa shape index (κ2) is 6.79. The molecule has 8 heteroatoms. The summed E-state index contributed by atoms with van der Waals surface area (Å²) in [7, 11) is 0. The van der Waals surface area contributed by atoms with E-state index in [4.69, 9.17) is 0 Å². The molecule has 8 nitrogen and oxygen atoms in total. The quantitative estimate of drug-likeness (QED) is 0.591. The molecule has 1 saturated carbocycles. The van der Waals surface area contributed by atoms with Gasteiger partial charge in [-0.05, 0) is 42.9 Å². The number of hydrogen-bond acceptors (Lipinski definition) is 5. The van der Waals surface area contributed by atoms with Gasteiger partial charge in [-0.3, -0.25) is 19.6 Å². The highest BCUT2D eigenvalue weighted by Gasteiger charge is 2.35. The summed E-state index contributed by atoms with van der Waals surface area (Å²) in [4.78, 5) is 43.3. The lowest BCUT2D eigenvalue weighted by atomic mass is 9.75. The molecule has 1 amide bonds. The van der Waals surface area contributed by atoms with Crippen molar-refractivity contribution in [3.8, 4) is 0 Å². The minimum absolute atomic E-state index is 0.0802. The number of H-pyrrole nitrogens is 2. The summed E-state index contributed by atoms with van der Waals surface area (Å²) in [6, 6.07) is 4.58. The lowest BCUT2D eigenvalue weighted by Crippen LogP contribution is -2.48. The molecule has 0 radical (unpaired) electrons. The van der Waals surface area contributed by atoms with Crippen LogP contribution in [0.1, 0.15) is 28.9 Å². The maximum Gasteiger partial charge on any atom is 0.326 e. The van der Waals surface area contributed by atoms with Gasteiger partial charge in [-0.15, -0.1) is 0 Å². The van der Waals surface area contributed by atoms with Crippen molar-refractivity contribution in [1.82, 2.24) is 20.3 Å². The monoisotopic (exact) mass is 330 g/mol. The van der Waals surface area contributed by atoms with Crippen molar-refractivity contribution in [2.24, 2.45) is 5.92 Å². The summed E-state index contributed by atoms with van der Waals surface area (Å²) in [6.45, 7) is 0. The number of aliphatic hydroxyl groups excluding tert-OH is 1. The number of aromatic amines is 2. The van der Waals surface area contributed by atoms with Crippen molar-refractivity contribution < 1.29 is 9.90 Å². The number of nitrogens with one attached hydrogen (secondary N) is 3. The van der Waals surface area contributed by atoms with Gasteiger partial charge in [0.2, 0.25) is 0 Å². The summed E-state index contributed by atoms with van der Waals surface area (Å²) in [5.41, 5.74) is -0.425. The van der Waals surface area contributed by atoms with Crippen LogP contribution in [-0.4, -0.2) is 38.1 Å². The average molecular weight is 330 g/mol. The number of nitrogens with zero attached hydrogens (tertiary/aromatic N) is 1. The Morgan fingerprint density at radius 3 is 2.62 bits per heavy atom. The van der Waals surface area contributed by atoms with Gasteiger partial charge < -0.3 is 15.4 Å². The predicted molar refractivity (Wildman–Crippen MR) is 85.6 cm³/mol. The molecule has 1 aliphatic carbocycles. The topological polar surface area (TPSA) is 128 Å². The average Bonchev–Trinajstić information content (AvgIpc) is 2.51. The molecule has 0 aromatic carbocycles. The number of amides is 1. The number of aromatic nitrogens is 3. The molecule has 0 aliphatic heterocycles. The first kappa shape index (κ1) is 16.1. The van der Waals surface area contributed by atoms with Crippen LogP contribution in [0.25, 0.3) is 0 Å². The molecule has 4 N–H and O–H groups in total. The van der Waals surface area contributed by atoms with Crippen LogP contribution in [-0.2, 0) is 6.42 Å². The highest BCUT2D eigenvalue weighted by atomic mass is 16.3. The number of hydrogen-bond donors (Lipinski definition) is 4. The van der Waals surface area contributed by atoms with Crippen LogP contribution in [0.5, 0.6) is 0 Å². The number of pyridine rings is 1. The molecule has 24 heavy (non-hydrogen) atoms. The standard InChI is InChI=1S/C16H18N4O4/c21-11-6-10(7-11)12(5-9-1-3-17-4-2-9)18-15(23)13-8-14(22)20-16(24)19-13/h1-4,8,10-12,21H,5-7H2,(H,18,23)(H2,19,20,22,24). The molecule has 0 saturated heterocycles. The van der Waals surface area contributed by atoms with E-state index in [-0.39, 0.29) is 23.8 Å². The molecule has 126 valence electrons. The Hall–Kier alpha value is -2.74. The fraction of sp³-hybridized carbons (Fsp3) is 0.375. The Morgan fingerprint density at radius 2 is 2.00 bits per heavy atom. The van der Waals surface area contributed by atoms with Crippen LogP contribution in [0.3, 0.4) is 0 Å². The van der Waals surface area contributed by atoms with E-state index in [2.05, 4.69) is 15.3 Å². The van der Waals surface area contributed by atoms with Gasteiger partial charge in [-0.2, -0.15) is 0 Å². The third-order valence-corrected chi connectivity index (χ3v) is 4.25. The van der Waals surface area contributed by atoms with E-state index < -0.39 is 17.2 Å². The zero-order valence-corrected chi connectivity index (χ0v) is 12.9. The van der Waals surface area contributed by atoms with Crippen LogP contribution in [0, 0.1) is 5.92 Å². The maximum atomic E-state index is 12.4. The van der Waals surface area contributed by atoms with E-state index >= 15 is 0 Å². The summed E-state index contributed by atoms with van der Waals surface area (Å²) < 4.78 is 0. The molecule has 1 unspecified atom stereocenters. The van der Waals surface area contributed by atoms with Crippen LogP contribution in [0.4, 0.5) is 0 Å². The van der Waals surface area contributed by atoms with E-state index in [1.54, 1.807) is 12.4 Å². The van der Waals surface area contributed by atoms with E-state index in [1.165, 1.54) is 0 Å². The molecular weight excluding hydrogens is 312 g/mol. The predicted octanol–water partition coefficient (Wildman–Crippen LogP) is -0.430. The van der Waals surface area contributed by atoms with Crippen LogP contribution in [0.2, 0.25) is 0 Å². The first-order valence-electron chi connectivity index (χ1n) is 7.73. The lowest BCUT2D eigenvalue weighted by molar-refractivity contribution is 0.0238. The van der Waals surface area contributed by atoms with Crippen LogP contribution in [0.15, 0.2) is 40.2 Å². The highest BCUT2D eigenvalue weighted by molar-refractivity contribution is 5.92. The number of carbonyl (C=O) groups excluding carboxylic acids is 1. The zero-order valence-electron chi connectivity index (χ0n) is 12.9. The highest BCUT2D eigenvalue weighted by Crippen LogP contribution is 2.31. The summed E-state index contributed by atoms with van der Waals surface area (Å²) in [5.74, 6) is -0.371. The van der Waals surface area contributed by atoms with Crippen LogP contribution >= 0.6 is 0 Å². The maximum absolute atomic E-state index is 12.4. The minimum Gasteiger partial charge on any atom is -0.393 e. The number of rotatable bonds is 5. The van der Waals surface area contributed by atoms with Gasteiger partial charge in [0.1, 0.15) is 5.69 Å². The molecule has 1 aliphatic rings. The summed E-state index contributed by atoms with van der Waals surface area (Å²) in [5, 5.41) is 12.4. The van der Waals surface area contributed by atoms with Crippen molar-refractivity contribution in [1.29, 1.82) is 0 Å². The van der Waals surface area contributed by atoms with E-state index in [0.717, 1.165) is 11.6 Å². The van der Waals surface area contributed by atoms with Crippen molar-refractivity contribution in [3.63, 3.8) is 0 Å². The summed E-state index contributed by atoms with van der Waals surface area (Å²) in [6.07, 6.45) is 4.82. The third-order valence-electron chi connectivity index (χ3n) is 4.25. The number of aliphatic hydroxyl groups is 1. The Morgan fingerprint density at radius 1 is 1.29 bits per heavy atom. The van der Waals surface area contributed by atoms with Gasteiger partial charge >= 0.3 is 5.69 Å². The van der Waals surface area contributed by atoms with Gasteiger partial charge in [0.05, 0.1) is 6.10 Å². The Labute approximate surface area is 137 Å². The van der Waals surface area contributed by atoms with E-state index in [9.17, 15) is 19.5 Å². The first-order valence-corrected chi connectivity index (χ1v) is 7.73. The molecule has 0 spiro atoms. The van der Waals surface area contributed by atoms with E-state index in [1.807, 2.05) is 17.1 Å². The largest absolute Gasteiger partial charge is 0.393 e. The van der Waals surface area contributed by atoms with Gasteiger partial charge in [0.15, 0.2) is 0 Å². The van der Waals surface area contributed by atoms with Crippen molar-refractivity contribution in [2.45, 2.75) is 31.4 Å². The Kier molecular flexibility index (Phi) is 4.57. The molecule has 2 aromatic heterocycles. The fourth-order valence-electron chi connectivity index (χ4n) is 2.90. The van der Waals surface area contributed by atoms with Gasteiger partial charge in [0.25, 0.3) is 11.5 Å². The van der Waals surface area contributed by atoms with Crippen molar-refractivity contribution in [3.05, 3.63) is 62.7 Å².